The molecule has 0 bridgehead atoms. The van der Waals surface area contributed by atoms with Crippen molar-refractivity contribution in [1.82, 2.24) is 4.90 Å². The van der Waals surface area contributed by atoms with Gasteiger partial charge in [0.05, 0.1) is 5.92 Å². The maximum Gasteiger partial charge on any atom is 0.307 e. The summed E-state index contributed by atoms with van der Waals surface area (Å²) in [6.07, 6.45) is 1.57. The first-order chi connectivity index (χ1) is 8.56. The van der Waals surface area contributed by atoms with E-state index in [0.717, 1.165) is 17.4 Å². The predicted molar refractivity (Wildman–Crippen MR) is 77.0 cm³/mol. The topological polar surface area (TPSA) is 40.5 Å². The van der Waals surface area contributed by atoms with E-state index in [1.165, 1.54) is 6.07 Å². The fraction of sp³-hybridized carbons (Fsp3) is 0.462. The van der Waals surface area contributed by atoms with Gasteiger partial charge in [-0.05, 0) is 37.6 Å². The Hall–Kier alpha value is -0.650. The number of benzene rings is 1. The summed E-state index contributed by atoms with van der Waals surface area (Å²) < 4.78 is 14.5. The Labute approximate surface area is 126 Å². The van der Waals surface area contributed by atoms with Gasteiger partial charge in [-0.3, -0.25) is 9.69 Å². The minimum Gasteiger partial charge on any atom is -0.481 e. The van der Waals surface area contributed by atoms with Crippen LogP contribution >= 0.6 is 28.3 Å². The van der Waals surface area contributed by atoms with Crippen LogP contribution < -0.4 is 0 Å². The maximum absolute atomic E-state index is 13.6. The molecule has 0 aliphatic carbocycles. The van der Waals surface area contributed by atoms with Crippen molar-refractivity contribution in [3.63, 3.8) is 0 Å². The lowest BCUT2D eigenvalue weighted by Gasteiger charge is -2.30. The Kier molecular flexibility index (Phi) is 6.23. The van der Waals surface area contributed by atoms with Crippen molar-refractivity contribution in [2.45, 2.75) is 19.4 Å². The first kappa shape index (κ1) is 16.4. The average molecular weight is 353 g/mol. The zero-order chi connectivity index (χ0) is 13.1. The molecular formula is C13H16BrClFNO2. The number of likely N-dealkylation sites (tertiary alicyclic amines) is 1. The lowest BCUT2D eigenvalue weighted by atomic mass is 9.98. The van der Waals surface area contributed by atoms with E-state index >= 15 is 0 Å². The van der Waals surface area contributed by atoms with Crippen LogP contribution in [0, 0.1) is 11.7 Å². The van der Waals surface area contributed by atoms with Crippen molar-refractivity contribution < 1.29 is 14.3 Å². The molecule has 2 rings (SSSR count). The van der Waals surface area contributed by atoms with Gasteiger partial charge in [-0.25, -0.2) is 4.39 Å². The van der Waals surface area contributed by atoms with Crippen molar-refractivity contribution in [3.8, 4) is 0 Å². The Morgan fingerprint density at radius 3 is 2.95 bits per heavy atom. The monoisotopic (exact) mass is 351 g/mol. The molecule has 0 aromatic heterocycles. The zero-order valence-electron chi connectivity index (χ0n) is 10.3. The van der Waals surface area contributed by atoms with E-state index in [4.69, 9.17) is 5.11 Å². The summed E-state index contributed by atoms with van der Waals surface area (Å²) >= 11 is 3.32. The highest BCUT2D eigenvalue weighted by atomic mass is 79.9. The number of nitrogens with zero attached hydrogens (tertiary/aromatic N) is 1. The number of carboxylic acid groups (broad SMARTS) is 1. The minimum atomic E-state index is -0.755. The number of halogens is 3. The van der Waals surface area contributed by atoms with Crippen LogP contribution in [0.4, 0.5) is 4.39 Å². The van der Waals surface area contributed by atoms with Gasteiger partial charge in [0.1, 0.15) is 5.82 Å². The van der Waals surface area contributed by atoms with Crippen LogP contribution in [-0.2, 0) is 11.3 Å². The van der Waals surface area contributed by atoms with E-state index in [9.17, 15) is 9.18 Å². The quantitative estimate of drug-likeness (QED) is 0.907. The molecule has 1 aromatic rings. The average Bonchev–Trinajstić information content (AvgIpc) is 2.34. The van der Waals surface area contributed by atoms with Gasteiger partial charge < -0.3 is 5.11 Å². The predicted octanol–water partition coefficient (Wildman–Crippen LogP) is 3.31. The summed E-state index contributed by atoms with van der Waals surface area (Å²) in [4.78, 5) is 13.0. The van der Waals surface area contributed by atoms with Gasteiger partial charge in [-0.1, -0.05) is 15.9 Å². The van der Waals surface area contributed by atoms with Gasteiger partial charge >= 0.3 is 5.97 Å². The van der Waals surface area contributed by atoms with Crippen molar-refractivity contribution in [2.75, 3.05) is 13.1 Å². The van der Waals surface area contributed by atoms with Crippen LogP contribution in [0.2, 0.25) is 0 Å². The number of rotatable bonds is 3. The molecule has 19 heavy (non-hydrogen) atoms. The third-order valence-corrected chi connectivity index (χ3v) is 3.75. The maximum atomic E-state index is 13.6. The van der Waals surface area contributed by atoms with Crippen molar-refractivity contribution in [2.24, 2.45) is 5.92 Å². The van der Waals surface area contributed by atoms with Gasteiger partial charge in [0, 0.05) is 23.1 Å². The van der Waals surface area contributed by atoms with Crippen molar-refractivity contribution in [3.05, 3.63) is 34.1 Å². The summed E-state index contributed by atoms with van der Waals surface area (Å²) in [5.74, 6) is -1.32. The molecule has 1 atom stereocenters. The second kappa shape index (κ2) is 7.22. The van der Waals surface area contributed by atoms with Crippen molar-refractivity contribution in [1.29, 1.82) is 0 Å². The lowest BCUT2D eigenvalue weighted by Crippen LogP contribution is -2.38. The Morgan fingerprint density at radius 1 is 1.53 bits per heavy atom. The third kappa shape index (κ3) is 4.44. The van der Waals surface area contributed by atoms with E-state index in [-0.39, 0.29) is 24.1 Å². The zero-order valence-corrected chi connectivity index (χ0v) is 12.7. The molecular weight excluding hydrogens is 337 g/mol. The second-order valence-electron chi connectivity index (χ2n) is 4.65. The third-order valence-electron chi connectivity index (χ3n) is 3.26. The van der Waals surface area contributed by atoms with Crippen LogP contribution in [0.5, 0.6) is 0 Å². The van der Waals surface area contributed by atoms with E-state index in [1.807, 2.05) is 4.90 Å². The van der Waals surface area contributed by atoms with E-state index in [0.29, 0.717) is 25.1 Å². The molecule has 0 saturated carbocycles. The molecule has 1 heterocycles. The van der Waals surface area contributed by atoms with Gasteiger partial charge in [-0.15, -0.1) is 12.4 Å². The fourth-order valence-electron chi connectivity index (χ4n) is 2.31. The number of hydrogen-bond donors (Lipinski definition) is 1. The van der Waals surface area contributed by atoms with Gasteiger partial charge in [0.25, 0.3) is 0 Å². The summed E-state index contributed by atoms with van der Waals surface area (Å²) in [7, 11) is 0. The molecule has 0 spiro atoms. The smallest absolute Gasteiger partial charge is 0.307 e. The van der Waals surface area contributed by atoms with Crippen LogP contribution in [0.1, 0.15) is 18.4 Å². The summed E-state index contributed by atoms with van der Waals surface area (Å²) in [5.41, 5.74) is 0.607. The number of aliphatic carboxylic acids is 1. The number of carboxylic acids is 1. The van der Waals surface area contributed by atoms with Gasteiger partial charge in [-0.2, -0.15) is 0 Å². The van der Waals surface area contributed by atoms with Crippen molar-refractivity contribution >= 4 is 34.3 Å². The first-order valence-electron chi connectivity index (χ1n) is 5.95. The molecule has 0 amide bonds. The molecule has 1 aliphatic heterocycles. The van der Waals surface area contributed by atoms with E-state index in [1.54, 1.807) is 12.1 Å². The standard InChI is InChI=1S/C13H15BrFNO2.ClH/c14-11-3-4-12(15)10(6-11)8-16-5-1-2-9(7-16)13(17)18;/h3-4,6,9H,1-2,5,7-8H2,(H,17,18);1H. The molecule has 1 aromatic carbocycles. The summed E-state index contributed by atoms with van der Waals surface area (Å²) in [6.45, 7) is 1.80. The molecule has 1 saturated heterocycles. The normalized spacial score (nSPS) is 19.8. The number of carbonyl (C=O) groups is 1. The Bertz CT molecular complexity index is 458. The summed E-state index contributed by atoms with van der Waals surface area (Å²) in [5, 5.41) is 9.01. The number of piperidine rings is 1. The highest BCUT2D eigenvalue weighted by molar-refractivity contribution is 9.10. The van der Waals surface area contributed by atoms with Gasteiger partial charge in [0.2, 0.25) is 0 Å². The molecule has 3 nitrogen and oxygen atoms in total. The number of hydrogen-bond acceptors (Lipinski definition) is 2. The second-order valence-corrected chi connectivity index (χ2v) is 5.56. The Balaban J connectivity index is 0.00000180. The molecule has 1 unspecified atom stereocenters. The highest BCUT2D eigenvalue weighted by Gasteiger charge is 2.25. The summed E-state index contributed by atoms with van der Waals surface area (Å²) in [6, 6.07) is 4.84. The molecule has 6 heteroatoms. The Morgan fingerprint density at radius 2 is 2.26 bits per heavy atom. The molecule has 0 radical (unpaired) electrons. The fourth-order valence-corrected chi connectivity index (χ4v) is 2.71. The van der Waals surface area contributed by atoms with Crippen LogP contribution in [0.25, 0.3) is 0 Å². The molecule has 1 aliphatic rings. The van der Waals surface area contributed by atoms with Gasteiger partial charge in [0.15, 0.2) is 0 Å². The van der Waals surface area contributed by atoms with Crippen LogP contribution in [0.3, 0.4) is 0 Å². The molecule has 1 N–H and O–H groups in total. The van der Waals surface area contributed by atoms with E-state index < -0.39 is 5.97 Å². The van der Waals surface area contributed by atoms with Crippen LogP contribution in [-0.4, -0.2) is 29.1 Å². The minimum absolute atomic E-state index is 0. The lowest BCUT2D eigenvalue weighted by molar-refractivity contribution is -0.143. The highest BCUT2D eigenvalue weighted by Crippen LogP contribution is 2.21. The first-order valence-corrected chi connectivity index (χ1v) is 6.74. The molecule has 1 fully saturated rings. The van der Waals surface area contributed by atoms with E-state index in [2.05, 4.69) is 15.9 Å². The van der Waals surface area contributed by atoms with Crippen LogP contribution in [0.15, 0.2) is 22.7 Å². The largest absolute Gasteiger partial charge is 0.481 e. The SMILES string of the molecule is Cl.O=C(O)C1CCCN(Cc2cc(Br)ccc2F)C1. The molecule has 106 valence electrons.